The van der Waals surface area contributed by atoms with Crippen LogP contribution in [0.15, 0.2) is 28.7 Å². The highest BCUT2D eigenvalue weighted by Gasteiger charge is 2.36. The Kier molecular flexibility index (Phi) is 4.82. The highest BCUT2D eigenvalue weighted by Crippen LogP contribution is 2.40. The monoisotopic (exact) mass is 310 g/mol. The van der Waals surface area contributed by atoms with E-state index >= 15 is 0 Å². The minimum Gasteiger partial charge on any atom is -0.319 e. The molecule has 2 nitrogen and oxygen atoms in total. The average Bonchev–Trinajstić information content (AvgIpc) is 2.26. The van der Waals surface area contributed by atoms with Gasteiger partial charge in [-0.15, -0.1) is 0 Å². The van der Waals surface area contributed by atoms with Gasteiger partial charge in [0, 0.05) is 24.1 Å². The summed E-state index contributed by atoms with van der Waals surface area (Å²) in [7, 11) is 4.30. The molecule has 0 amide bonds. The van der Waals surface area contributed by atoms with E-state index < -0.39 is 0 Å². The Morgan fingerprint density at radius 2 is 2.17 bits per heavy atom. The topological polar surface area (TPSA) is 15.3 Å². The van der Waals surface area contributed by atoms with Gasteiger partial charge in [-0.25, -0.2) is 0 Å². The van der Waals surface area contributed by atoms with Gasteiger partial charge in [-0.2, -0.15) is 0 Å². The third-order valence-corrected chi connectivity index (χ3v) is 4.41. The first-order chi connectivity index (χ1) is 8.63. The van der Waals surface area contributed by atoms with Crippen LogP contribution >= 0.6 is 15.9 Å². The SMILES string of the molecule is CNCC1(CN(C)Cc2cccc(Br)c2)CCC1. The van der Waals surface area contributed by atoms with Gasteiger partial charge in [-0.3, -0.25) is 0 Å². The molecule has 1 aliphatic rings. The molecule has 0 unspecified atom stereocenters. The van der Waals surface area contributed by atoms with Crippen molar-refractivity contribution in [2.45, 2.75) is 25.8 Å². The Hall–Kier alpha value is -0.380. The Morgan fingerprint density at radius 3 is 2.72 bits per heavy atom. The number of nitrogens with zero attached hydrogens (tertiary/aromatic N) is 1. The molecule has 18 heavy (non-hydrogen) atoms. The van der Waals surface area contributed by atoms with E-state index in [9.17, 15) is 0 Å². The molecule has 0 bridgehead atoms. The van der Waals surface area contributed by atoms with Crippen molar-refractivity contribution in [3.63, 3.8) is 0 Å². The van der Waals surface area contributed by atoms with Gasteiger partial charge in [0.15, 0.2) is 0 Å². The Morgan fingerprint density at radius 1 is 1.39 bits per heavy atom. The van der Waals surface area contributed by atoms with Crippen molar-refractivity contribution < 1.29 is 0 Å². The Bertz CT molecular complexity index is 388. The van der Waals surface area contributed by atoms with Crippen molar-refractivity contribution in [2.75, 3.05) is 27.2 Å². The van der Waals surface area contributed by atoms with E-state index in [0.717, 1.165) is 13.1 Å². The molecule has 1 fully saturated rings. The largest absolute Gasteiger partial charge is 0.319 e. The second-order valence-electron chi connectivity index (χ2n) is 5.69. The summed E-state index contributed by atoms with van der Waals surface area (Å²) < 4.78 is 1.17. The fourth-order valence-electron chi connectivity index (χ4n) is 3.02. The van der Waals surface area contributed by atoms with Crippen LogP contribution < -0.4 is 5.32 Å². The lowest BCUT2D eigenvalue weighted by Crippen LogP contribution is -2.46. The van der Waals surface area contributed by atoms with Crippen molar-refractivity contribution in [3.05, 3.63) is 34.3 Å². The predicted octanol–water partition coefficient (Wildman–Crippen LogP) is 3.27. The summed E-state index contributed by atoms with van der Waals surface area (Å²) in [5.41, 5.74) is 1.90. The summed E-state index contributed by atoms with van der Waals surface area (Å²) in [6, 6.07) is 8.60. The van der Waals surface area contributed by atoms with E-state index in [2.05, 4.69) is 64.5 Å². The number of benzene rings is 1. The Labute approximate surface area is 119 Å². The molecule has 0 atom stereocenters. The van der Waals surface area contributed by atoms with Gasteiger partial charge in [0.1, 0.15) is 0 Å². The summed E-state index contributed by atoms with van der Waals surface area (Å²) in [6.07, 6.45) is 4.14. The van der Waals surface area contributed by atoms with Crippen LogP contribution in [0.2, 0.25) is 0 Å². The van der Waals surface area contributed by atoms with Crippen LogP contribution in [0.25, 0.3) is 0 Å². The van der Waals surface area contributed by atoms with Crippen LogP contribution in [0, 0.1) is 5.41 Å². The van der Waals surface area contributed by atoms with Gasteiger partial charge in [-0.1, -0.05) is 34.5 Å². The molecule has 0 radical (unpaired) electrons. The highest BCUT2D eigenvalue weighted by molar-refractivity contribution is 9.10. The summed E-state index contributed by atoms with van der Waals surface area (Å²) >= 11 is 3.53. The van der Waals surface area contributed by atoms with Crippen molar-refractivity contribution in [1.82, 2.24) is 10.2 Å². The molecule has 100 valence electrons. The number of rotatable bonds is 6. The molecule has 0 heterocycles. The highest BCUT2D eigenvalue weighted by atomic mass is 79.9. The fourth-order valence-corrected chi connectivity index (χ4v) is 3.46. The van der Waals surface area contributed by atoms with Crippen molar-refractivity contribution in [3.8, 4) is 0 Å². The van der Waals surface area contributed by atoms with Gasteiger partial charge in [0.05, 0.1) is 0 Å². The van der Waals surface area contributed by atoms with Crippen LogP contribution in [0.3, 0.4) is 0 Å². The molecule has 1 N–H and O–H groups in total. The molecule has 3 heteroatoms. The molecule has 0 spiro atoms. The molecule has 1 aromatic rings. The summed E-state index contributed by atoms with van der Waals surface area (Å²) in [5, 5.41) is 3.35. The number of hydrogen-bond donors (Lipinski definition) is 1. The first kappa shape index (κ1) is 14.0. The second kappa shape index (κ2) is 6.18. The van der Waals surface area contributed by atoms with E-state index in [0.29, 0.717) is 5.41 Å². The quantitative estimate of drug-likeness (QED) is 0.867. The number of nitrogens with one attached hydrogen (secondary N) is 1. The lowest BCUT2D eigenvalue weighted by Gasteiger charge is -2.44. The van der Waals surface area contributed by atoms with E-state index in [1.54, 1.807) is 0 Å². The second-order valence-corrected chi connectivity index (χ2v) is 6.60. The van der Waals surface area contributed by atoms with Crippen LogP contribution in [0.5, 0.6) is 0 Å². The van der Waals surface area contributed by atoms with E-state index in [4.69, 9.17) is 0 Å². The lowest BCUT2D eigenvalue weighted by atomic mass is 9.68. The van der Waals surface area contributed by atoms with Crippen molar-refractivity contribution >= 4 is 15.9 Å². The standard InChI is InChI=1S/C15H23BrN2/c1-17-11-15(7-4-8-15)12-18(2)10-13-5-3-6-14(16)9-13/h3,5-6,9,17H,4,7-8,10-12H2,1-2H3. The first-order valence-electron chi connectivity index (χ1n) is 6.71. The maximum absolute atomic E-state index is 3.53. The maximum Gasteiger partial charge on any atom is 0.0231 e. The smallest absolute Gasteiger partial charge is 0.0231 e. The average molecular weight is 311 g/mol. The van der Waals surface area contributed by atoms with Gasteiger partial charge in [0.25, 0.3) is 0 Å². The maximum atomic E-state index is 3.53. The van der Waals surface area contributed by atoms with Gasteiger partial charge in [0.2, 0.25) is 0 Å². The minimum absolute atomic E-state index is 0.523. The lowest BCUT2D eigenvalue weighted by molar-refractivity contribution is 0.0768. The fraction of sp³-hybridized carbons (Fsp3) is 0.600. The van der Waals surface area contributed by atoms with Crippen LogP contribution in [0.4, 0.5) is 0 Å². The van der Waals surface area contributed by atoms with Crippen LogP contribution in [-0.4, -0.2) is 32.1 Å². The molecule has 0 saturated heterocycles. The van der Waals surface area contributed by atoms with Crippen LogP contribution in [-0.2, 0) is 6.54 Å². The zero-order valence-corrected chi connectivity index (χ0v) is 13.0. The molecular formula is C15H23BrN2. The molecule has 1 aliphatic carbocycles. The molecule has 0 aromatic heterocycles. The molecular weight excluding hydrogens is 288 g/mol. The van der Waals surface area contributed by atoms with Crippen molar-refractivity contribution in [1.29, 1.82) is 0 Å². The third kappa shape index (κ3) is 3.56. The normalized spacial score (nSPS) is 17.8. The number of halogens is 1. The zero-order chi connectivity index (χ0) is 13.0. The summed E-state index contributed by atoms with van der Waals surface area (Å²) in [5.74, 6) is 0. The predicted molar refractivity (Wildman–Crippen MR) is 80.7 cm³/mol. The summed E-state index contributed by atoms with van der Waals surface area (Å²) in [4.78, 5) is 2.46. The first-order valence-corrected chi connectivity index (χ1v) is 7.50. The van der Waals surface area contributed by atoms with Gasteiger partial charge < -0.3 is 10.2 Å². The minimum atomic E-state index is 0.523. The van der Waals surface area contributed by atoms with Gasteiger partial charge >= 0.3 is 0 Å². The third-order valence-electron chi connectivity index (χ3n) is 3.91. The molecule has 0 aliphatic heterocycles. The Balaban J connectivity index is 1.90. The molecule has 1 saturated carbocycles. The summed E-state index contributed by atoms with van der Waals surface area (Å²) in [6.45, 7) is 3.38. The van der Waals surface area contributed by atoms with E-state index in [-0.39, 0.29) is 0 Å². The number of hydrogen-bond acceptors (Lipinski definition) is 2. The van der Waals surface area contributed by atoms with E-state index in [1.165, 1.54) is 35.8 Å². The molecule has 2 rings (SSSR count). The van der Waals surface area contributed by atoms with Crippen LogP contribution in [0.1, 0.15) is 24.8 Å². The zero-order valence-electron chi connectivity index (χ0n) is 11.4. The van der Waals surface area contributed by atoms with E-state index in [1.807, 2.05) is 0 Å². The van der Waals surface area contributed by atoms with Crippen molar-refractivity contribution in [2.24, 2.45) is 5.41 Å². The molecule has 1 aromatic carbocycles. The van der Waals surface area contributed by atoms with Gasteiger partial charge in [-0.05, 0) is 50.0 Å².